The average molecular weight is 417 g/mol. The first-order valence-corrected chi connectivity index (χ1v) is 10.8. The van der Waals surface area contributed by atoms with Crippen molar-refractivity contribution in [2.75, 3.05) is 20.2 Å². The third-order valence-electron chi connectivity index (χ3n) is 6.15. The Labute approximate surface area is 183 Å². The second-order valence-electron chi connectivity index (χ2n) is 8.07. The number of hydrogen-bond acceptors (Lipinski definition) is 3. The molecular weight excluding hydrogens is 388 g/mol. The Kier molecular flexibility index (Phi) is 6.21. The summed E-state index contributed by atoms with van der Waals surface area (Å²) in [6.45, 7) is 3.16. The molecule has 5 heteroatoms. The number of likely N-dealkylation sites (tertiary alicyclic amines) is 1. The third kappa shape index (κ3) is 4.41. The van der Waals surface area contributed by atoms with Gasteiger partial charge in [0, 0.05) is 30.0 Å². The summed E-state index contributed by atoms with van der Waals surface area (Å²) in [4.78, 5) is 27.8. The van der Waals surface area contributed by atoms with Crippen LogP contribution in [-0.2, 0) is 4.79 Å². The van der Waals surface area contributed by atoms with Crippen molar-refractivity contribution in [1.29, 1.82) is 0 Å². The highest BCUT2D eigenvalue weighted by Gasteiger charge is 2.29. The monoisotopic (exact) mass is 416 g/mol. The minimum absolute atomic E-state index is 0.00960. The Morgan fingerprint density at radius 3 is 2.26 bits per heavy atom. The maximum absolute atomic E-state index is 13.2. The van der Waals surface area contributed by atoms with Crippen LogP contribution in [0.15, 0.2) is 66.7 Å². The van der Waals surface area contributed by atoms with E-state index in [1.54, 1.807) is 7.11 Å². The zero-order valence-corrected chi connectivity index (χ0v) is 18.0. The molecule has 5 nitrogen and oxygen atoms in total. The Morgan fingerprint density at radius 1 is 0.935 bits per heavy atom. The molecule has 0 radical (unpaired) electrons. The number of nitrogens with one attached hydrogen (secondary N) is 1. The number of nitrogens with zero attached hydrogens (tertiary/aromatic N) is 1. The lowest BCUT2D eigenvalue weighted by Gasteiger charge is -2.32. The number of fused-ring (bicyclic) bond motifs is 1. The van der Waals surface area contributed by atoms with Crippen molar-refractivity contribution in [3.63, 3.8) is 0 Å². The fraction of sp³-hybridized carbons (Fsp3) is 0.308. The highest BCUT2D eigenvalue weighted by molar-refractivity contribution is 6.08. The van der Waals surface area contributed by atoms with Crippen LogP contribution >= 0.6 is 0 Å². The van der Waals surface area contributed by atoms with Gasteiger partial charge in [-0.2, -0.15) is 0 Å². The molecule has 160 valence electrons. The smallest absolute Gasteiger partial charge is 0.254 e. The Bertz CT molecular complexity index is 1070. The SMILES string of the molecule is COc1ccc(C(=O)N2CCC(C(=O)N[C@@H](C)c3ccccc3)CC2)c2ccccc12. The summed E-state index contributed by atoms with van der Waals surface area (Å²) < 4.78 is 5.44. The highest BCUT2D eigenvalue weighted by Crippen LogP contribution is 2.30. The summed E-state index contributed by atoms with van der Waals surface area (Å²) in [7, 11) is 1.64. The lowest BCUT2D eigenvalue weighted by atomic mass is 9.94. The van der Waals surface area contributed by atoms with Crippen LogP contribution in [0.25, 0.3) is 10.8 Å². The lowest BCUT2D eigenvalue weighted by Crippen LogP contribution is -2.43. The van der Waals surface area contributed by atoms with E-state index in [1.807, 2.05) is 78.6 Å². The fourth-order valence-corrected chi connectivity index (χ4v) is 4.31. The van der Waals surface area contributed by atoms with Crippen LogP contribution in [0, 0.1) is 5.92 Å². The van der Waals surface area contributed by atoms with E-state index in [2.05, 4.69) is 5.32 Å². The van der Waals surface area contributed by atoms with E-state index in [9.17, 15) is 9.59 Å². The van der Waals surface area contributed by atoms with Crippen molar-refractivity contribution in [2.45, 2.75) is 25.8 Å². The number of hydrogen-bond donors (Lipinski definition) is 1. The highest BCUT2D eigenvalue weighted by atomic mass is 16.5. The molecule has 3 aromatic carbocycles. The van der Waals surface area contributed by atoms with Crippen molar-refractivity contribution in [2.24, 2.45) is 5.92 Å². The van der Waals surface area contributed by atoms with Crippen LogP contribution < -0.4 is 10.1 Å². The van der Waals surface area contributed by atoms with Gasteiger partial charge in [0.05, 0.1) is 13.2 Å². The van der Waals surface area contributed by atoms with Gasteiger partial charge in [-0.05, 0) is 42.8 Å². The minimum Gasteiger partial charge on any atom is -0.496 e. The number of ether oxygens (including phenoxy) is 1. The second-order valence-corrected chi connectivity index (χ2v) is 8.07. The van der Waals surface area contributed by atoms with Gasteiger partial charge in [0.1, 0.15) is 5.75 Å². The quantitative estimate of drug-likeness (QED) is 0.662. The summed E-state index contributed by atoms with van der Waals surface area (Å²) in [5.74, 6) is 0.770. The van der Waals surface area contributed by atoms with Crippen molar-refractivity contribution in [3.8, 4) is 5.75 Å². The maximum atomic E-state index is 13.2. The molecule has 0 unspecified atom stereocenters. The fourth-order valence-electron chi connectivity index (χ4n) is 4.31. The number of amides is 2. The first-order valence-electron chi connectivity index (χ1n) is 10.8. The molecule has 0 bridgehead atoms. The van der Waals surface area contributed by atoms with Crippen LogP contribution in [0.5, 0.6) is 5.75 Å². The molecule has 31 heavy (non-hydrogen) atoms. The van der Waals surface area contributed by atoms with E-state index in [0.29, 0.717) is 31.5 Å². The summed E-state index contributed by atoms with van der Waals surface area (Å²) >= 11 is 0. The third-order valence-corrected chi connectivity index (χ3v) is 6.15. The Morgan fingerprint density at radius 2 is 1.58 bits per heavy atom. The molecule has 0 aliphatic carbocycles. The number of benzene rings is 3. The molecule has 1 aliphatic heterocycles. The van der Waals surface area contributed by atoms with E-state index in [-0.39, 0.29) is 23.8 Å². The predicted molar refractivity (Wildman–Crippen MR) is 122 cm³/mol. The molecule has 4 rings (SSSR count). The number of rotatable bonds is 5. The first kappa shape index (κ1) is 20.9. The predicted octanol–water partition coefficient (Wildman–Crippen LogP) is 4.58. The normalized spacial score (nSPS) is 15.5. The van der Waals surface area contributed by atoms with Crippen LogP contribution in [0.4, 0.5) is 0 Å². The van der Waals surface area contributed by atoms with Gasteiger partial charge in [-0.1, -0.05) is 54.6 Å². The zero-order valence-electron chi connectivity index (χ0n) is 18.0. The van der Waals surface area contributed by atoms with Crippen LogP contribution in [0.1, 0.15) is 41.7 Å². The molecule has 1 saturated heterocycles. The van der Waals surface area contributed by atoms with Gasteiger partial charge < -0.3 is 15.0 Å². The number of carbonyl (C=O) groups excluding carboxylic acids is 2. The van der Waals surface area contributed by atoms with Gasteiger partial charge >= 0.3 is 0 Å². The van der Waals surface area contributed by atoms with Crippen LogP contribution in [0.3, 0.4) is 0 Å². The topological polar surface area (TPSA) is 58.6 Å². The van der Waals surface area contributed by atoms with Crippen molar-refractivity contribution >= 4 is 22.6 Å². The Hall–Kier alpha value is -3.34. The summed E-state index contributed by atoms with van der Waals surface area (Å²) in [5.41, 5.74) is 1.77. The van der Waals surface area contributed by atoms with E-state index >= 15 is 0 Å². The lowest BCUT2D eigenvalue weighted by molar-refractivity contribution is -0.126. The molecule has 1 N–H and O–H groups in total. The van der Waals surface area contributed by atoms with Crippen molar-refractivity contribution in [3.05, 3.63) is 77.9 Å². The Balaban J connectivity index is 1.40. The largest absolute Gasteiger partial charge is 0.496 e. The summed E-state index contributed by atoms with van der Waals surface area (Å²) in [6, 6.07) is 21.4. The van der Waals surface area contributed by atoms with Gasteiger partial charge in [-0.25, -0.2) is 0 Å². The molecule has 1 heterocycles. The minimum atomic E-state index is -0.0668. The molecule has 3 aromatic rings. The number of carbonyl (C=O) groups is 2. The molecule has 1 fully saturated rings. The van der Waals surface area contributed by atoms with Crippen molar-refractivity contribution in [1.82, 2.24) is 10.2 Å². The van der Waals surface area contributed by atoms with E-state index in [1.165, 1.54) is 0 Å². The second kappa shape index (κ2) is 9.21. The van der Waals surface area contributed by atoms with E-state index in [4.69, 9.17) is 4.74 Å². The van der Waals surface area contributed by atoms with Gasteiger partial charge in [-0.3, -0.25) is 9.59 Å². The molecule has 0 saturated carbocycles. The van der Waals surface area contributed by atoms with E-state index in [0.717, 1.165) is 22.1 Å². The van der Waals surface area contributed by atoms with Gasteiger partial charge in [0.25, 0.3) is 5.91 Å². The van der Waals surface area contributed by atoms with Gasteiger partial charge in [0.15, 0.2) is 0 Å². The first-order chi connectivity index (χ1) is 15.1. The maximum Gasteiger partial charge on any atom is 0.254 e. The zero-order chi connectivity index (χ0) is 21.8. The van der Waals surface area contributed by atoms with Crippen LogP contribution in [-0.4, -0.2) is 36.9 Å². The standard InChI is InChI=1S/C26H28N2O3/c1-18(19-8-4-3-5-9-19)27-25(29)20-14-16-28(17-15-20)26(30)23-12-13-24(31-2)22-11-7-6-10-21(22)23/h3-13,18,20H,14-17H2,1-2H3,(H,27,29)/t18-/m0/s1. The average Bonchev–Trinajstić information content (AvgIpc) is 2.83. The summed E-state index contributed by atoms with van der Waals surface area (Å²) in [5, 5.41) is 4.94. The van der Waals surface area contributed by atoms with E-state index < -0.39 is 0 Å². The van der Waals surface area contributed by atoms with Crippen molar-refractivity contribution < 1.29 is 14.3 Å². The van der Waals surface area contributed by atoms with Gasteiger partial charge in [-0.15, -0.1) is 0 Å². The summed E-state index contributed by atoms with van der Waals surface area (Å²) in [6.07, 6.45) is 1.35. The number of piperidine rings is 1. The molecule has 2 amide bonds. The van der Waals surface area contributed by atoms with Gasteiger partial charge in [0.2, 0.25) is 5.91 Å². The molecular formula is C26H28N2O3. The number of methoxy groups -OCH3 is 1. The van der Waals surface area contributed by atoms with Crippen LogP contribution in [0.2, 0.25) is 0 Å². The molecule has 0 aromatic heterocycles. The molecule has 0 spiro atoms. The molecule has 1 aliphatic rings. The molecule has 1 atom stereocenters.